The first kappa shape index (κ1) is 8.69. The summed E-state index contributed by atoms with van der Waals surface area (Å²) >= 11 is 0. The quantitative estimate of drug-likeness (QED) is 0.690. The molecule has 1 atom stereocenters. The molecule has 0 bridgehead atoms. The van der Waals surface area contributed by atoms with E-state index in [9.17, 15) is 0 Å². The Kier molecular flexibility index (Phi) is 1.87. The second-order valence-corrected chi connectivity index (χ2v) is 4.31. The van der Waals surface area contributed by atoms with E-state index in [1.54, 1.807) is 4.68 Å². The molecule has 0 radical (unpaired) electrons. The van der Waals surface area contributed by atoms with Gasteiger partial charge in [0.1, 0.15) is 0 Å². The minimum Gasteiger partial charge on any atom is -0.311 e. The SMILES string of the molecule is Cn1cc(C2CCNC2(C)C)nn1. The molecule has 0 aromatic carbocycles. The van der Waals surface area contributed by atoms with Crippen LogP contribution < -0.4 is 5.32 Å². The van der Waals surface area contributed by atoms with Crippen molar-refractivity contribution in [1.82, 2.24) is 20.3 Å². The Morgan fingerprint density at radius 3 is 2.85 bits per heavy atom. The molecular formula is C9H16N4. The molecule has 0 aliphatic carbocycles. The number of hydrogen-bond acceptors (Lipinski definition) is 3. The normalized spacial score (nSPS) is 26.5. The summed E-state index contributed by atoms with van der Waals surface area (Å²) < 4.78 is 1.77. The van der Waals surface area contributed by atoms with E-state index in [2.05, 4.69) is 29.5 Å². The van der Waals surface area contributed by atoms with Crippen LogP contribution in [0.1, 0.15) is 31.9 Å². The van der Waals surface area contributed by atoms with Gasteiger partial charge in [-0.3, -0.25) is 4.68 Å². The lowest BCUT2D eigenvalue weighted by molar-refractivity contribution is 0.405. The van der Waals surface area contributed by atoms with E-state index in [0.29, 0.717) is 5.92 Å². The van der Waals surface area contributed by atoms with Crippen LogP contribution in [0.3, 0.4) is 0 Å². The lowest BCUT2D eigenvalue weighted by Crippen LogP contribution is -2.37. The summed E-state index contributed by atoms with van der Waals surface area (Å²) in [5.41, 5.74) is 1.27. The fourth-order valence-corrected chi connectivity index (χ4v) is 2.07. The molecule has 1 fully saturated rings. The van der Waals surface area contributed by atoms with Crippen LogP contribution in [0.2, 0.25) is 0 Å². The number of nitrogens with one attached hydrogen (secondary N) is 1. The van der Waals surface area contributed by atoms with Gasteiger partial charge in [-0.1, -0.05) is 5.21 Å². The Bertz CT molecular complexity index is 302. The van der Waals surface area contributed by atoms with E-state index in [1.807, 2.05) is 13.2 Å². The average molecular weight is 180 g/mol. The van der Waals surface area contributed by atoms with Crippen molar-refractivity contribution in [3.05, 3.63) is 11.9 Å². The number of hydrogen-bond donors (Lipinski definition) is 1. The molecule has 4 nitrogen and oxygen atoms in total. The maximum atomic E-state index is 4.17. The third kappa shape index (κ3) is 1.46. The summed E-state index contributed by atoms with van der Waals surface area (Å²) in [6, 6.07) is 0. The fraction of sp³-hybridized carbons (Fsp3) is 0.778. The monoisotopic (exact) mass is 180 g/mol. The van der Waals surface area contributed by atoms with Crippen molar-refractivity contribution in [3.63, 3.8) is 0 Å². The summed E-state index contributed by atoms with van der Waals surface area (Å²) in [6.07, 6.45) is 3.17. The summed E-state index contributed by atoms with van der Waals surface area (Å²) in [7, 11) is 1.91. The summed E-state index contributed by atoms with van der Waals surface area (Å²) in [5, 5.41) is 11.6. The van der Waals surface area contributed by atoms with Crippen molar-refractivity contribution in [1.29, 1.82) is 0 Å². The van der Waals surface area contributed by atoms with Crippen LogP contribution in [0.4, 0.5) is 0 Å². The smallest absolute Gasteiger partial charge is 0.0876 e. The Morgan fingerprint density at radius 2 is 2.38 bits per heavy atom. The van der Waals surface area contributed by atoms with Crippen LogP contribution in [0, 0.1) is 0 Å². The van der Waals surface area contributed by atoms with Crippen LogP contribution in [0.5, 0.6) is 0 Å². The van der Waals surface area contributed by atoms with Crippen LogP contribution >= 0.6 is 0 Å². The minimum absolute atomic E-state index is 0.163. The lowest BCUT2D eigenvalue weighted by atomic mass is 9.87. The standard InChI is InChI=1S/C9H16N4/c1-9(2)7(4-5-10-9)8-6-13(3)12-11-8/h6-7,10H,4-5H2,1-3H3. The van der Waals surface area contributed by atoms with E-state index >= 15 is 0 Å². The first-order chi connectivity index (χ1) is 6.09. The predicted molar refractivity (Wildman–Crippen MR) is 50.4 cm³/mol. The summed E-state index contributed by atoms with van der Waals surface area (Å²) in [6.45, 7) is 5.52. The van der Waals surface area contributed by atoms with E-state index in [-0.39, 0.29) is 5.54 Å². The zero-order valence-electron chi connectivity index (χ0n) is 8.41. The Balaban J connectivity index is 2.26. The topological polar surface area (TPSA) is 42.7 Å². The second-order valence-electron chi connectivity index (χ2n) is 4.31. The zero-order chi connectivity index (χ0) is 9.47. The van der Waals surface area contributed by atoms with Gasteiger partial charge in [-0.25, -0.2) is 0 Å². The van der Waals surface area contributed by atoms with Crippen molar-refractivity contribution in [2.75, 3.05) is 6.54 Å². The molecule has 2 heterocycles. The number of rotatable bonds is 1. The van der Waals surface area contributed by atoms with Crippen molar-refractivity contribution >= 4 is 0 Å². The highest BCUT2D eigenvalue weighted by atomic mass is 15.4. The molecule has 0 spiro atoms. The molecular weight excluding hydrogens is 164 g/mol. The van der Waals surface area contributed by atoms with E-state index in [1.165, 1.54) is 0 Å². The lowest BCUT2D eigenvalue weighted by Gasteiger charge is -2.25. The Hall–Kier alpha value is -0.900. The Morgan fingerprint density at radius 1 is 1.62 bits per heavy atom. The first-order valence-corrected chi connectivity index (χ1v) is 4.71. The zero-order valence-corrected chi connectivity index (χ0v) is 8.41. The Labute approximate surface area is 78.3 Å². The maximum absolute atomic E-state index is 4.17. The highest BCUT2D eigenvalue weighted by molar-refractivity contribution is 5.13. The van der Waals surface area contributed by atoms with Gasteiger partial charge < -0.3 is 5.32 Å². The third-order valence-electron chi connectivity index (χ3n) is 2.86. The van der Waals surface area contributed by atoms with Gasteiger partial charge in [0.05, 0.1) is 5.69 Å². The van der Waals surface area contributed by atoms with Gasteiger partial charge in [0.25, 0.3) is 0 Å². The highest BCUT2D eigenvalue weighted by Gasteiger charge is 2.36. The van der Waals surface area contributed by atoms with Crippen molar-refractivity contribution in [3.8, 4) is 0 Å². The largest absolute Gasteiger partial charge is 0.311 e. The minimum atomic E-state index is 0.163. The first-order valence-electron chi connectivity index (χ1n) is 4.71. The van der Waals surface area contributed by atoms with Crippen LogP contribution in [0.15, 0.2) is 6.20 Å². The molecule has 72 valence electrons. The van der Waals surface area contributed by atoms with Gasteiger partial charge in [-0.15, -0.1) is 5.10 Å². The summed E-state index contributed by atoms with van der Waals surface area (Å²) in [4.78, 5) is 0. The van der Waals surface area contributed by atoms with E-state index < -0.39 is 0 Å². The molecule has 0 saturated carbocycles. The van der Waals surface area contributed by atoms with Crippen molar-refractivity contribution in [2.45, 2.75) is 31.7 Å². The number of aromatic nitrogens is 3. The van der Waals surface area contributed by atoms with Gasteiger partial charge in [-0.2, -0.15) is 0 Å². The molecule has 1 aliphatic heterocycles. The molecule has 2 rings (SSSR count). The average Bonchev–Trinajstić information content (AvgIpc) is 2.56. The molecule has 1 aliphatic rings. The van der Waals surface area contributed by atoms with Gasteiger partial charge >= 0.3 is 0 Å². The van der Waals surface area contributed by atoms with Gasteiger partial charge in [-0.05, 0) is 26.8 Å². The molecule has 4 heteroatoms. The molecule has 1 saturated heterocycles. The van der Waals surface area contributed by atoms with E-state index in [4.69, 9.17) is 0 Å². The van der Waals surface area contributed by atoms with Crippen LogP contribution in [0.25, 0.3) is 0 Å². The third-order valence-corrected chi connectivity index (χ3v) is 2.86. The molecule has 1 unspecified atom stereocenters. The summed E-state index contributed by atoms with van der Waals surface area (Å²) in [5.74, 6) is 0.501. The predicted octanol–water partition coefficient (Wildman–Crippen LogP) is 0.671. The molecule has 1 N–H and O–H groups in total. The highest BCUT2D eigenvalue weighted by Crippen LogP contribution is 2.33. The second kappa shape index (κ2) is 2.80. The van der Waals surface area contributed by atoms with E-state index in [0.717, 1.165) is 18.7 Å². The van der Waals surface area contributed by atoms with Gasteiger partial charge in [0.15, 0.2) is 0 Å². The fourth-order valence-electron chi connectivity index (χ4n) is 2.07. The van der Waals surface area contributed by atoms with Gasteiger partial charge in [0, 0.05) is 24.7 Å². The van der Waals surface area contributed by atoms with Crippen LogP contribution in [-0.4, -0.2) is 27.1 Å². The van der Waals surface area contributed by atoms with Crippen molar-refractivity contribution < 1.29 is 0 Å². The van der Waals surface area contributed by atoms with Crippen molar-refractivity contribution in [2.24, 2.45) is 7.05 Å². The van der Waals surface area contributed by atoms with Gasteiger partial charge in [0.2, 0.25) is 0 Å². The maximum Gasteiger partial charge on any atom is 0.0876 e. The number of aryl methyl sites for hydroxylation is 1. The molecule has 13 heavy (non-hydrogen) atoms. The molecule has 1 aromatic heterocycles. The molecule has 1 aromatic rings. The number of nitrogens with zero attached hydrogens (tertiary/aromatic N) is 3. The molecule has 0 amide bonds. The van der Waals surface area contributed by atoms with Crippen LogP contribution in [-0.2, 0) is 7.05 Å².